The number of allylic oxidation sites excluding steroid dienone is 3. The van der Waals surface area contributed by atoms with Gasteiger partial charge in [0.25, 0.3) is 11.8 Å². The molecule has 10 nitrogen and oxygen atoms in total. The van der Waals surface area contributed by atoms with Crippen molar-refractivity contribution in [3.05, 3.63) is 119 Å². The fourth-order valence-electron chi connectivity index (χ4n) is 8.75. The zero-order valence-corrected chi connectivity index (χ0v) is 27.0. The van der Waals surface area contributed by atoms with Gasteiger partial charge in [0.1, 0.15) is 5.75 Å². The van der Waals surface area contributed by atoms with Gasteiger partial charge in [0, 0.05) is 18.0 Å². The van der Waals surface area contributed by atoms with Gasteiger partial charge in [-0.25, -0.2) is 0 Å². The van der Waals surface area contributed by atoms with Crippen molar-refractivity contribution in [3.8, 4) is 5.75 Å². The Labute approximate surface area is 283 Å². The van der Waals surface area contributed by atoms with Gasteiger partial charge in [-0.15, -0.1) is 6.58 Å². The van der Waals surface area contributed by atoms with E-state index in [2.05, 4.69) is 12.0 Å². The Bertz CT molecular complexity index is 1920. The van der Waals surface area contributed by atoms with E-state index in [1.54, 1.807) is 36.4 Å². The Morgan fingerprint density at radius 3 is 2.39 bits per heavy atom. The van der Waals surface area contributed by atoms with E-state index in [4.69, 9.17) is 0 Å². The minimum atomic E-state index is -1.51. The number of likely N-dealkylation sites (tertiary alicyclic amines) is 1. The molecular formula is C39H37N3O7. The second-order valence-electron chi connectivity index (χ2n) is 13.4. The first kappa shape index (κ1) is 32.1. The van der Waals surface area contributed by atoms with Crippen molar-refractivity contribution in [2.45, 2.75) is 43.9 Å². The Morgan fingerprint density at radius 1 is 0.959 bits per heavy atom. The number of para-hydroxylation sites is 1. The molecule has 7 rings (SSSR count). The lowest BCUT2D eigenvalue weighted by Gasteiger charge is -2.50. The summed E-state index contributed by atoms with van der Waals surface area (Å²) in [5.74, 6) is -6.98. The highest BCUT2D eigenvalue weighted by Crippen LogP contribution is 2.65. The number of hydrazine groups is 1. The quantitative estimate of drug-likeness (QED) is 0.218. The number of carboxylic acid groups (broad SMARTS) is 1. The molecule has 250 valence electrons. The van der Waals surface area contributed by atoms with Gasteiger partial charge in [0.2, 0.25) is 11.8 Å². The lowest BCUT2D eigenvalue weighted by atomic mass is 9.49. The summed E-state index contributed by atoms with van der Waals surface area (Å²) >= 11 is 0. The molecule has 49 heavy (non-hydrogen) atoms. The highest BCUT2D eigenvalue weighted by molar-refractivity contribution is 6.13. The van der Waals surface area contributed by atoms with Gasteiger partial charge in [-0.05, 0) is 55.4 Å². The number of imide groups is 2. The number of hydrogen-bond acceptors (Lipinski definition) is 7. The number of carbonyl (C=O) groups excluding carboxylic acids is 4. The smallest absolute Gasteiger partial charge is 0.305 e. The molecule has 3 fully saturated rings. The normalized spacial score (nSPS) is 27.4. The molecule has 2 aliphatic carbocycles. The van der Waals surface area contributed by atoms with Crippen LogP contribution in [0.2, 0.25) is 0 Å². The highest BCUT2D eigenvalue weighted by atomic mass is 16.4. The largest absolute Gasteiger partial charge is 0.507 e. The second kappa shape index (κ2) is 12.2. The van der Waals surface area contributed by atoms with Gasteiger partial charge >= 0.3 is 5.97 Å². The van der Waals surface area contributed by atoms with Crippen molar-refractivity contribution in [1.82, 2.24) is 9.91 Å². The molecule has 10 heteroatoms. The number of rotatable bonds is 9. The Kier molecular flexibility index (Phi) is 7.97. The number of amides is 4. The molecule has 4 aliphatic rings. The van der Waals surface area contributed by atoms with E-state index in [1.165, 1.54) is 0 Å². The molecule has 0 radical (unpaired) electrons. The van der Waals surface area contributed by atoms with Crippen molar-refractivity contribution in [2.24, 2.45) is 23.7 Å². The molecule has 0 spiro atoms. The minimum absolute atomic E-state index is 0.0211. The monoisotopic (exact) mass is 659 g/mol. The number of benzene rings is 3. The number of nitrogens with zero attached hydrogens (tertiary/aromatic N) is 2. The Morgan fingerprint density at radius 2 is 1.69 bits per heavy atom. The summed E-state index contributed by atoms with van der Waals surface area (Å²) in [5.41, 5.74) is 5.47. The van der Waals surface area contributed by atoms with Gasteiger partial charge in [0.15, 0.2) is 0 Å². The van der Waals surface area contributed by atoms with Crippen LogP contribution in [0.15, 0.2) is 97.1 Å². The molecule has 2 saturated heterocycles. The van der Waals surface area contributed by atoms with Crippen LogP contribution in [0.4, 0.5) is 5.69 Å². The maximum absolute atomic E-state index is 15.2. The summed E-state index contributed by atoms with van der Waals surface area (Å²) in [5, 5.41) is 22.3. The first-order valence-electron chi connectivity index (χ1n) is 16.5. The number of carboxylic acids is 1. The van der Waals surface area contributed by atoms with Crippen molar-refractivity contribution in [1.29, 1.82) is 0 Å². The van der Waals surface area contributed by atoms with Crippen molar-refractivity contribution in [2.75, 3.05) is 12.0 Å². The Balaban J connectivity index is 1.44. The van der Waals surface area contributed by atoms with Gasteiger partial charge < -0.3 is 10.2 Å². The number of carbonyl (C=O) groups is 5. The molecular weight excluding hydrogens is 622 g/mol. The number of anilines is 1. The average Bonchev–Trinajstić information content (AvgIpc) is 3.46. The van der Waals surface area contributed by atoms with Crippen LogP contribution in [0.25, 0.3) is 0 Å². The molecule has 4 amide bonds. The van der Waals surface area contributed by atoms with Crippen molar-refractivity contribution in [3.63, 3.8) is 0 Å². The number of fused-ring (bicyclic) bond motifs is 4. The number of phenols is 1. The van der Waals surface area contributed by atoms with Crippen LogP contribution >= 0.6 is 0 Å². The molecule has 2 aliphatic heterocycles. The van der Waals surface area contributed by atoms with Gasteiger partial charge in [-0.3, -0.25) is 34.3 Å². The van der Waals surface area contributed by atoms with Crippen LogP contribution in [0.1, 0.15) is 47.4 Å². The van der Waals surface area contributed by atoms with E-state index in [-0.39, 0.29) is 31.6 Å². The van der Waals surface area contributed by atoms with Crippen LogP contribution in [0.5, 0.6) is 5.75 Å². The van der Waals surface area contributed by atoms with Gasteiger partial charge in [0.05, 0.1) is 35.3 Å². The van der Waals surface area contributed by atoms with Crippen LogP contribution in [-0.4, -0.2) is 56.3 Å². The Hall–Kier alpha value is -5.51. The third-order valence-corrected chi connectivity index (χ3v) is 10.9. The highest BCUT2D eigenvalue weighted by Gasteiger charge is 2.70. The number of nitrogens with one attached hydrogen (secondary N) is 1. The molecule has 3 N–H and O–H groups in total. The molecule has 3 aromatic rings. The van der Waals surface area contributed by atoms with Crippen LogP contribution < -0.4 is 5.43 Å². The summed E-state index contributed by atoms with van der Waals surface area (Å²) in [6.07, 6.45) is 3.89. The van der Waals surface area contributed by atoms with E-state index >= 15 is 4.79 Å². The predicted molar refractivity (Wildman–Crippen MR) is 180 cm³/mol. The first-order chi connectivity index (χ1) is 23.6. The van der Waals surface area contributed by atoms with Gasteiger partial charge in [-0.1, -0.05) is 84.0 Å². The fraction of sp³-hybridized carbons (Fsp3) is 0.308. The van der Waals surface area contributed by atoms with Crippen molar-refractivity contribution < 1.29 is 34.2 Å². The van der Waals surface area contributed by atoms with Crippen LogP contribution in [0, 0.1) is 30.6 Å². The van der Waals surface area contributed by atoms with E-state index in [9.17, 15) is 29.4 Å². The summed E-state index contributed by atoms with van der Waals surface area (Å²) in [6.45, 7) is 5.53. The minimum Gasteiger partial charge on any atom is -0.507 e. The summed E-state index contributed by atoms with van der Waals surface area (Å²) in [4.78, 5) is 69.9. The maximum Gasteiger partial charge on any atom is 0.305 e. The number of phenolic OH excluding ortho intramolecular Hbond substituents is 1. The molecule has 0 aromatic heterocycles. The summed E-state index contributed by atoms with van der Waals surface area (Å²) in [6, 6.07) is 21.8. The zero-order valence-electron chi connectivity index (χ0n) is 27.0. The zero-order chi connectivity index (χ0) is 34.6. The lowest BCUT2D eigenvalue weighted by molar-refractivity contribution is -0.143. The molecule has 2 heterocycles. The van der Waals surface area contributed by atoms with E-state index in [1.807, 2.05) is 55.5 Å². The molecule has 0 bridgehead atoms. The summed E-state index contributed by atoms with van der Waals surface area (Å²) < 4.78 is 0. The van der Waals surface area contributed by atoms with E-state index < -0.39 is 64.6 Å². The third kappa shape index (κ3) is 4.88. The average molecular weight is 660 g/mol. The second-order valence-corrected chi connectivity index (χ2v) is 13.4. The standard InChI is InChI=1S/C39H37N3O7/c1-3-8-23-9-7-12-28(34(23)45)33-26-17-18-27-32(37(48)41(35(27)46)20-19-31(43)44)29(26)21-30-36(47)42(40-25-15-13-22(2)14-16-25)38(49)39(30,33)24-10-5-4-6-11-24/h3-7,9-17,27,29-30,32-33,40,45H,1,8,18-21H2,2H3,(H,43,44)/t27-,29+,30-,32-,33+,39+/m0/s1. The topological polar surface area (TPSA) is 144 Å². The van der Waals surface area contributed by atoms with Crippen molar-refractivity contribution >= 4 is 35.3 Å². The molecule has 1 saturated carbocycles. The number of aliphatic carboxylic acids is 1. The maximum atomic E-state index is 15.2. The summed E-state index contributed by atoms with van der Waals surface area (Å²) in [7, 11) is 0. The van der Waals surface area contributed by atoms with E-state index in [0.717, 1.165) is 15.5 Å². The van der Waals surface area contributed by atoms with E-state index in [0.29, 0.717) is 34.4 Å². The molecule has 6 atom stereocenters. The number of hydrogen-bond donors (Lipinski definition) is 3. The van der Waals surface area contributed by atoms with Crippen LogP contribution in [0.3, 0.4) is 0 Å². The van der Waals surface area contributed by atoms with Gasteiger partial charge in [-0.2, -0.15) is 5.01 Å². The molecule has 3 aromatic carbocycles. The third-order valence-electron chi connectivity index (χ3n) is 10.9. The first-order valence-corrected chi connectivity index (χ1v) is 16.5. The molecule has 0 unspecified atom stereocenters. The SMILES string of the molecule is C=CCc1cccc([C@H]2C3=CC[C@@H]4C(=O)N(CCC(=O)O)C(=O)[C@@H]4[C@@H]3C[C@H]3C(=O)N(Nc4ccc(C)cc4)C(=O)[C@@]23c2ccccc2)c1O. The lowest BCUT2D eigenvalue weighted by Crippen LogP contribution is -2.53. The number of aromatic hydroxyl groups is 1. The fourth-order valence-corrected chi connectivity index (χ4v) is 8.75. The number of aryl methyl sites for hydroxylation is 1. The van der Waals surface area contributed by atoms with Crippen LogP contribution in [-0.2, 0) is 35.8 Å². The predicted octanol–water partition coefficient (Wildman–Crippen LogP) is 4.89.